The third-order valence-corrected chi connectivity index (χ3v) is 2.16. The SMILES string of the molecule is O=C(O)CCNC(=O)Nc1cccc(Cl)c1O. The average Bonchev–Trinajstić information content (AvgIpc) is 2.24. The fourth-order valence-corrected chi connectivity index (χ4v) is 1.24. The summed E-state index contributed by atoms with van der Waals surface area (Å²) in [4.78, 5) is 21.5. The van der Waals surface area contributed by atoms with Crippen LogP contribution in [0.3, 0.4) is 0 Å². The summed E-state index contributed by atoms with van der Waals surface area (Å²) in [5, 5.41) is 22.6. The number of carboxylic acids is 1. The zero-order chi connectivity index (χ0) is 12.8. The fourth-order valence-electron chi connectivity index (χ4n) is 1.07. The molecule has 1 rings (SSSR count). The summed E-state index contributed by atoms with van der Waals surface area (Å²) < 4.78 is 0. The molecule has 0 saturated carbocycles. The number of aliphatic carboxylic acids is 1. The fraction of sp³-hybridized carbons (Fsp3) is 0.200. The molecule has 0 radical (unpaired) electrons. The Kier molecular flexibility index (Phi) is 4.59. The van der Waals surface area contributed by atoms with Crippen molar-refractivity contribution in [2.75, 3.05) is 11.9 Å². The highest BCUT2D eigenvalue weighted by atomic mass is 35.5. The van der Waals surface area contributed by atoms with E-state index in [2.05, 4.69) is 10.6 Å². The van der Waals surface area contributed by atoms with Crippen molar-refractivity contribution in [3.05, 3.63) is 23.2 Å². The van der Waals surface area contributed by atoms with Crippen LogP contribution in [0, 0.1) is 0 Å². The van der Waals surface area contributed by atoms with E-state index in [1.165, 1.54) is 12.1 Å². The third kappa shape index (κ3) is 4.20. The van der Waals surface area contributed by atoms with Gasteiger partial charge >= 0.3 is 12.0 Å². The molecule has 0 aliphatic carbocycles. The molecule has 2 amide bonds. The number of carbonyl (C=O) groups is 2. The van der Waals surface area contributed by atoms with Crippen LogP contribution in [0.1, 0.15) is 6.42 Å². The molecule has 0 spiro atoms. The minimum atomic E-state index is -1.00. The molecule has 0 aliphatic rings. The number of rotatable bonds is 4. The van der Waals surface area contributed by atoms with Gasteiger partial charge in [0.2, 0.25) is 0 Å². The molecule has 0 heterocycles. The molecule has 0 bridgehead atoms. The van der Waals surface area contributed by atoms with Crippen LogP contribution in [0.2, 0.25) is 5.02 Å². The Bertz CT molecular complexity index is 436. The lowest BCUT2D eigenvalue weighted by molar-refractivity contribution is -0.136. The summed E-state index contributed by atoms with van der Waals surface area (Å²) in [5.74, 6) is -1.24. The van der Waals surface area contributed by atoms with Gasteiger partial charge < -0.3 is 20.8 Å². The van der Waals surface area contributed by atoms with Gasteiger partial charge in [0.15, 0.2) is 5.75 Å². The first-order valence-electron chi connectivity index (χ1n) is 4.75. The van der Waals surface area contributed by atoms with Crippen molar-refractivity contribution in [3.63, 3.8) is 0 Å². The van der Waals surface area contributed by atoms with E-state index in [1.807, 2.05) is 0 Å². The minimum absolute atomic E-state index is 0.00247. The maximum Gasteiger partial charge on any atom is 0.319 e. The molecule has 6 nitrogen and oxygen atoms in total. The van der Waals surface area contributed by atoms with E-state index in [9.17, 15) is 14.7 Å². The number of hydrogen-bond donors (Lipinski definition) is 4. The van der Waals surface area contributed by atoms with E-state index < -0.39 is 12.0 Å². The highest BCUT2D eigenvalue weighted by molar-refractivity contribution is 6.32. The lowest BCUT2D eigenvalue weighted by atomic mass is 10.3. The number of urea groups is 1. The highest BCUT2D eigenvalue weighted by Crippen LogP contribution is 2.30. The lowest BCUT2D eigenvalue weighted by Gasteiger charge is -2.08. The van der Waals surface area contributed by atoms with E-state index in [0.29, 0.717) is 0 Å². The Labute approximate surface area is 102 Å². The highest BCUT2D eigenvalue weighted by Gasteiger charge is 2.08. The van der Waals surface area contributed by atoms with Crippen molar-refractivity contribution in [2.24, 2.45) is 0 Å². The Morgan fingerprint density at radius 2 is 2.06 bits per heavy atom. The Morgan fingerprint density at radius 1 is 1.35 bits per heavy atom. The van der Waals surface area contributed by atoms with Gasteiger partial charge in [-0.1, -0.05) is 17.7 Å². The number of benzene rings is 1. The predicted octanol–water partition coefficient (Wildman–Crippen LogP) is 1.64. The van der Waals surface area contributed by atoms with Crippen LogP contribution in [0.5, 0.6) is 5.75 Å². The van der Waals surface area contributed by atoms with Gasteiger partial charge in [0.05, 0.1) is 17.1 Å². The summed E-state index contributed by atoms with van der Waals surface area (Å²) in [6.07, 6.45) is -0.172. The van der Waals surface area contributed by atoms with E-state index >= 15 is 0 Å². The second-order valence-electron chi connectivity index (χ2n) is 3.16. The first-order valence-corrected chi connectivity index (χ1v) is 5.12. The van der Waals surface area contributed by atoms with Gasteiger partial charge in [-0.05, 0) is 12.1 Å². The van der Waals surface area contributed by atoms with Crippen LogP contribution in [0.15, 0.2) is 18.2 Å². The van der Waals surface area contributed by atoms with E-state index in [0.717, 1.165) is 0 Å². The summed E-state index contributed by atoms with van der Waals surface area (Å²) >= 11 is 5.64. The summed E-state index contributed by atoms with van der Waals surface area (Å²) in [6, 6.07) is 3.90. The molecular weight excluding hydrogens is 248 g/mol. The quantitative estimate of drug-likeness (QED) is 0.617. The van der Waals surface area contributed by atoms with Crippen molar-refractivity contribution in [1.29, 1.82) is 0 Å². The molecule has 0 aliphatic heterocycles. The number of para-hydroxylation sites is 1. The van der Waals surface area contributed by atoms with Gasteiger partial charge in [-0.3, -0.25) is 4.79 Å². The normalized spacial score (nSPS) is 9.71. The first kappa shape index (κ1) is 13.1. The molecular formula is C10H11ClN2O4. The Morgan fingerprint density at radius 3 is 2.71 bits per heavy atom. The second-order valence-corrected chi connectivity index (χ2v) is 3.57. The maximum atomic E-state index is 11.3. The number of nitrogens with one attached hydrogen (secondary N) is 2. The number of carboxylic acid groups (broad SMARTS) is 1. The number of phenolic OH excluding ortho intramolecular Hbond substituents is 1. The Hall–Kier alpha value is -1.95. The van der Waals surface area contributed by atoms with Crippen LogP contribution >= 0.6 is 11.6 Å². The summed E-state index contributed by atoms with van der Waals surface area (Å²) in [6.45, 7) is 0.00247. The van der Waals surface area contributed by atoms with E-state index in [4.69, 9.17) is 16.7 Å². The molecule has 7 heteroatoms. The van der Waals surface area contributed by atoms with E-state index in [-0.39, 0.29) is 29.4 Å². The van der Waals surface area contributed by atoms with Crippen molar-refractivity contribution in [1.82, 2.24) is 5.32 Å². The number of phenols is 1. The number of halogens is 1. The van der Waals surface area contributed by atoms with E-state index in [1.54, 1.807) is 6.07 Å². The van der Waals surface area contributed by atoms with Gasteiger partial charge in [-0.15, -0.1) is 0 Å². The van der Waals surface area contributed by atoms with Crippen molar-refractivity contribution in [3.8, 4) is 5.75 Å². The zero-order valence-corrected chi connectivity index (χ0v) is 9.49. The number of amides is 2. The van der Waals surface area contributed by atoms with Gasteiger partial charge in [-0.2, -0.15) is 0 Å². The van der Waals surface area contributed by atoms with Gasteiger partial charge in [0.25, 0.3) is 0 Å². The van der Waals surface area contributed by atoms with Crippen molar-refractivity contribution in [2.45, 2.75) is 6.42 Å². The van der Waals surface area contributed by atoms with Gasteiger partial charge in [0, 0.05) is 6.54 Å². The third-order valence-electron chi connectivity index (χ3n) is 1.86. The van der Waals surface area contributed by atoms with Crippen LogP contribution in [-0.4, -0.2) is 28.8 Å². The molecule has 1 aromatic rings. The van der Waals surface area contributed by atoms with Crippen LogP contribution in [0.4, 0.5) is 10.5 Å². The van der Waals surface area contributed by atoms with Gasteiger partial charge in [-0.25, -0.2) is 4.79 Å². The summed E-state index contributed by atoms with van der Waals surface area (Å²) in [5.41, 5.74) is 0.158. The number of hydrogen-bond acceptors (Lipinski definition) is 3. The maximum absolute atomic E-state index is 11.3. The molecule has 0 aromatic heterocycles. The molecule has 0 atom stereocenters. The predicted molar refractivity (Wildman–Crippen MR) is 62.4 cm³/mol. The second kappa shape index (κ2) is 5.95. The largest absolute Gasteiger partial charge is 0.504 e. The lowest BCUT2D eigenvalue weighted by Crippen LogP contribution is -2.30. The standard InChI is InChI=1S/C10H11ClN2O4/c11-6-2-1-3-7(9(6)16)13-10(17)12-5-4-8(14)15/h1-3,16H,4-5H2,(H,14,15)(H2,12,13,17). The zero-order valence-electron chi connectivity index (χ0n) is 8.74. The first-order chi connectivity index (χ1) is 8.00. The Balaban J connectivity index is 2.51. The molecule has 1 aromatic carbocycles. The number of aromatic hydroxyl groups is 1. The minimum Gasteiger partial charge on any atom is -0.504 e. The van der Waals surface area contributed by atoms with Crippen LogP contribution in [-0.2, 0) is 4.79 Å². The number of carbonyl (C=O) groups excluding carboxylic acids is 1. The van der Waals surface area contributed by atoms with Crippen molar-refractivity contribution < 1.29 is 19.8 Å². The summed E-state index contributed by atoms with van der Waals surface area (Å²) in [7, 11) is 0. The van der Waals surface area contributed by atoms with Crippen LogP contribution in [0.25, 0.3) is 0 Å². The molecule has 0 unspecified atom stereocenters. The smallest absolute Gasteiger partial charge is 0.319 e. The van der Waals surface area contributed by atoms with Gasteiger partial charge in [0.1, 0.15) is 0 Å². The van der Waals surface area contributed by atoms with Crippen LogP contribution < -0.4 is 10.6 Å². The topological polar surface area (TPSA) is 98.7 Å². The number of anilines is 1. The molecule has 0 fully saturated rings. The molecule has 0 saturated heterocycles. The van der Waals surface area contributed by atoms with Crippen molar-refractivity contribution >= 4 is 29.3 Å². The average molecular weight is 259 g/mol. The monoisotopic (exact) mass is 258 g/mol. The molecule has 4 N–H and O–H groups in total. The molecule has 17 heavy (non-hydrogen) atoms. The molecule has 92 valence electrons.